The van der Waals surface area contributed by atoms with Crippen molar-refractivity contribution in [1.82, 2.24) is 4.98 Å². The minimum Gasteiger partial charge on any atom is -0.399 e. The molecule has 1 aromatic carbocycles. The normalized spacial score (nSPS) is 10.6. The Kier molecular flexibility index (Phi) is 4.45. The number of anilines is 1. The lowest BCUT2D eigenvalue weighted by Gasteiger charge is -2.01. The Hall–Kier alpha value is -1.00. The molecule has 0 aliphatic rings. The highest BCUT2D eigenvalue weighted by molar-refractivity contribution is 8.00. The van der Waals surface area contributed by atoms with Crippen molar-refractivity contribution in [2.45, 2.75) is 24.1 Å². The summed E-state index contributed by atoms with van der Waals surface area (Å²) >= 11 is 3.57. The summed E-state index contributed by atoms with van der Waals surface area (Å²) < 4.78 is 1.18. The Labute approximate surface area is 110 Å². The molecule has 1 aromatic heterocycles. The second-order valence-electron chi connectivity index (χ2n) is 3.95. The summed E-state index contributed by atoms with van der Waals surface area (Å²) in [5.41, 5.74) is 9.03. The number of hydrogen-bond acceptors (Lipinski definition) is 4. The maximum absolute atomic E-state index is 5.74. The van der Waals surface area contributed by atoms with Crippen molar-refractivity contribution in [3.63, 3.8) is 0 Å². The third-order valence-electron chi connectivity index (χ3n) is 2.38. The van der Waals surface area contributed by atoms with Gasteiger partial charge in [-0.25, -0.2) is 4.98 Å². The number of nitrogens with zero attached hydrogens (tertiary/aromatic N) is 1. The van der Waals surface area contributed by atoms with E-state index in [-0.39, 0.29) is 0 Å². The average molecular weight is 264 g/mol. The van der Waals surface area contributed by atoms with Crippen LogP contribution in [0.5, 0.6) is 0 Å². The van der Waals surface area contributed by atoms with Gasteiger partial charge in [0.2, 0.25) is 0 Å². The molecule has 2 N–H and O–H groups in total. The lowest BCUT2D eigenvalue weighted by Crippen LogP contribution is -1.90. The smallest absolute Gasteiger partial charge is 0.150 e. The van der Waals surface area contributed by atoms with Gasteiger partial charge in [-0.15, -0.1) is 11.3 Å². The first kappa shape index (κ1) is 12.5. The molecule has 2 nitrogen and oxygen atoms in total. The quantitative estimate of drug-likeness (QED) is 0.508. The van der Waals surface area contributed by atoms with Crippen LogP contribution in [0.25, 0.3) is 0 Å². The van der Waals surface area contributed by atoms with Crippen molar-refractivity contribution >= 4 is 28.8 Å². The summed E-state index contributed by atoms with van der Waals surface area (Å²) in [5.74, 6) is 1.11. The predicted octanol–water partition coefficient (Wildman–Crippen LogP) is 3.76. The Balaban J connectivity index is 1.73. The number of thiazole rings is 1. The summed E-state index contributed by atoms with van der Waals surface area (Å²) in [6.07, 6.45) is 2.25. The fourth-order valence-corrected chi connectivity index (χ4v) is 3.44. The van der Waals surface area contributed by atoms with E-state index in [1.807, 2.05) is 30.8 Å². The number of rotatable bonds is 5. The number of benzene rings is 1. The molecule has 0 aliphatic heterocycles. The molecule has 0 saturated heterocycles. The predicted molar refractivity (Wildman–Crippen MR) is 76.8 cm³/mol. The number of nitrogens with two attached hydrogens (primary N) is 1. The van der Waals surface area contributed by atoms with Crippen LogP contribution in [0.15, 0.2) is 34.0 Å². The van der Waals surface area contributed by atoms with E-state index in [1.54, 1.807) is 11.3 Å². The number of aromatic nitrogens is 1. The van der Waals surface area contributed by atoms with Crippen molar-refractivity contribution in [1.29, 1.82) is 0 Å². The number of nitrogen functional groups attached to an aromatic ring is 1. The minimum absolute atomic E-state index is 0.853. The molecule has 0 unspecified atom stereocenters. The molecule has 1 heterocycles. The van der Waals surface area contributed by atoms with Crippen LogP contribution in [0.1, 0.15) is 17.7 Å². The van der Waals surface area contributed by atoms with Gasteiger partial charge in [0.25, 0.3) is 0 Å². The van der Waals surface area contributed by atoms with Crippen LogP contribution >= 0.6 is 23.1 Å². The van der Waals surface area contributed by atoms with Crippen molar-refractivity contribution in [3.05, 3.63) is 40.9 Å². The van der Waals surface area contributed by atoms with Gasteiger partial charge in [-0.1, -0.05) is 23.9 Å². The molecule has 90 valence electrons. The highest BCUT2D eigenvalue weighted by Gasteiger charge is 1.99. The van der Waals surface area contributed by atoms with E-state index >= 15 is 0 Å². The van der Waals surface area contributed by atoms with Gasteiger partial charge in [0, 0.05) is 22.5 Å². The fraction of sp³-hybridized carbons (Fsp3) is 0.308. The van der Waals surface area contributed by atoms with Crippen LogP contribution in [-0.2, 0) is 6.42 Å². The van der Waals surface area contributed by atoms with E-state index in [9.17, 15) is 0 Å². The summed E-state index contributed by atoms with van der Waals surface area (Å²) in [6, 6.07) is 8.13. The van der Waals surface area contributed by atoms with Gasteiger partial charge < -0.3 is 5.73 Å². The second kappa shape index (κ2) is 6.07. The molecular formula is C13H16N2S2. The van der Waals surface area contributed by atoms with Gasteiger partial charge in [0.15, 0.2) is 0 Å². The van der Waals surface area contributed by atoms with Crippen molar-refractivity contribution in [2.24, 2.45) is 0 Å². The van der Waals surface area contributed by atoms with Crippen molar-refractivity contribution < 1.29 is 0 Å². The molecule has 0 spiro atoms. The summed E-state index contributed by atoms with van der Waals surface area (Å²) in [4.78, 5) is 4.43. The number of aryl methyl sites for hydroxylation is 2. The van der Waals surface area contributed by atoms with Gasteiger partial charge in [-0.3, -0.25) is 0 Å². The molecule has 0 saturated carbocycles. The van der Waals surface area contributed by atoms with E-state index in [4.69, 9.17) is 5.73 Å². The third-order valence-corrected chi connectivity index (χ3v) is 4.61. The first-order valence-corrected chi connectivity index (χ1v) is 7.50. The molecule has 0 fully saturated rings. The van der Waals surface area contributed by atoms with Crippen LogP contribution in [0.2, 0.25) is 0 Å². The lowest BCUT2D eigenvalue weighted by molar-refractivity contribution is 0.932. The van der Waals surface area contributed by atoms with Gasteiger partial charge in [-0.05, 0) is 37.5 Å². The molecule has 2 aromatic rings. The standard InChI is InChI=1S/C13H16N2S2/c1-10-9-17-13(15-10)16-7-3-5-11-4-2-6-12(14)8-11/h2,4,6,8-9H,3,5,7,14H2,1H3. The molecule has 2 rings (SSSR count). The average Bonchev–Trinajstić information content (AvgIpc) is 2.71. The summed E-state index contributed by atoms with van der Waals surface area (Å²) in [6.45, 7) is 2.04. The summed E-state index contributed by atoms with van der Waals surface area (Å²) in [5, 5.41) is 2.10. The van der Waals surface area contributed by atoms with Gasteiger partial charge in [-0.2, -0.15) is 0 Å². The van der Waals surface area contributed by atoms with Crippen LogP contribution < -0.4 is 5.73 Å². The maximum atomic E-state index is 5.74. The molecule has 0 atom stereocenters. The van der Waals surface area contributed by atoms with Crippen molar-refractivity contribution in [3.8, 4) is 0 Å². The molecule has 0 aliphatic carbocycles. The van der Waals surface area contributed by atoms with Gasteiger partial charge >= 0.3 is 0 Å². The Morgan fingerprint density at radius 1 is 1.41 bits per heavy atom. The molecule has 0 radical (unpaired) electrons. The highest BCUT2D eigenvalue weighted by Crippen LogP contribution is 2.23. The number of hydrogen-bond donors (Lipinski definition) is 1. The van der Waals surface area contributed by atoms with E-state index in [1.165, 1.54) is 9.90 Å². The molecule has 4 heteroatoms. The second-order valence-corrected chi connectivity index (χ2v) is 6.15. The zero-order valence-corrected chi connectivity index (χ0v) is 11.5. The van der Waals surface area contributed by atoms with Gasteiger partial charge in [0.1, 0.15) is 4.34 Å². The van der Waals surface area contributed by atoms with Crippen LogP contribution in [0.3, 0.4) is 0 Å². The zero-order chi connectivity index (χ0) is 12.1. The monoisotopic (exact) mass is 264 g/mol. The topological polar surface area (TPSA) is 38.9 Å². The van der Waals surface area contributed by atoms with Crippen LogP contribution in [0.4, 0.5) is 5.69 Å². The Bertz CT molecular complexity index is 480. The van der Waals surface area contributed by atoms with E-state index < -0.39 is 0 Å². The first-order chi connectivity index (χ1) is 8.24. The molecule has 0 bridgehead atoms. The number of thioether (sulfide) groups is 1. The van der Waals surface area contributed by atoms with Crippen LogP contribution in [-0.4, -0.2) is 10.7 Å². The zero-order valence-electron chi connectivity index (χ0n) is 9.85. The largest absolute Gasteiger partial charge is 0.399 e. The lowest BCUT2D eigenvalue weighted by atomic mass is 10.1. The van der Waals surface area contributed by atoms with Crippen LogP contribution in [0, 0.1) is 6.92 Å². The highest BCUT2D eigenvalue weighted by atomic mass is 32.2. The van der Waals surface area contributed by atoms with E-state index in [0.29, 0.717) is 0 Å². The van der Waals surface area contributed by atoms with E-state index in [0.717, 1.165) is 30.0 Å². The minimum atomic E-state index is 0.853. The van der Waals surface area contributed by atoms with Gasteiger partial charge in [0.05, 0.1) is 0 Å². The maximum Gasteiger partial charge on any atom is 0.150 e. The molecule has 0 amide bonds. The SMILES string of the molecule is Cc1csc(SCCCc2cccc(N)c2)n1. The Morgan fingerprint density at radius 2 is 2.29 bits per heavy atom. The van der Waals surface area contributed by atoms with E-state index in [2.05, 4.69) is 22.5 Å². The summed E-state index contributed by atoms with van der Waals surface area (Å²) in [7, 11) is 0. The van der Waals surface area contributed by atoms with Crippen molar-refractivity contribution in [2.75, 3.05) is 11.5 Å². The first-order valence-electron chi connectivity index (χ1n) is 5.63. The molecular weight excluding hydrogens is 248 g/mol. The Morgan fingerprint density at radius 3 is 3.00 bits per heavy atom. The fourth-order valence-electron chi connectivity index (χ4n) is 1.58. The molecule has 17 heavy (non-hydrogen) atoms. The third kappa shape index (κ3) is 4.06.